The van der Waals surface area contributed by atoms with Crippen LogP contribution in [0.5, 0.6) is 11.5 Å². The molecular weight excluding hydrogens is 422 g/mol. The molecule has 0 radical (unpaired) electrons. The van der Waals surface area contributed by atoms with E-state index in [1.165, 1.54) is 12.1 Å². The third-order valence-corrected chi connectivity index (χ3v) is 5.08. The van der Waals surface area contributed by atoms with Gasteiger partial charge in [0, 0.05) is 23.0 Å². The van der Waals surface area contributed by atoms with Crippen LogP contribution in [-0.2, 0) is 4.79 Å². The first-order chi connectivity index (χ1) is 14.8. The fraction of sp³-hybridized carbons (Fsp3) is 0.261. The standard InChI is InChI=1S/C23H22ClNO6/c1-4-7-25-22(27)18-10-15-5-6-16(11-19(15)31-23(18)28)30-20(26)12-29-17-8-13(2)21(24)14(3)9-17/h5-6,8-11H,4,7,12H2,1-3H3,(H,25,27). The molecule has 0 saturated carbocycles. The van der Waals surface area contributed by atoms with Gasteiger partial charge >= 0.3 is 11.6 Å². The molecule has 8 heteroatoms. The molecule has 2 aromatic carbocycles. The van der Waals surface area contributed by atoms with Crippen molar-refractivity contribution in [3.05, 3.63) is 68.5 Å². The van der Waals surface area contributed by atoms with Crippen LogP contribution in [0.2, 0.25) is 5.02 Å². The molecule has 0 aliphatic rings. The number of amides is 1. The molecule has 0 fully saturated rings. The van der Waals surface area contributed by atoms with E-state index in [1.807, 2.05) is 20.8 Å². The number of ether oxygens (including phenoxy) is 2. The number of rotatable bonds is 7. The van der Waals surface area contributed by atoms with Gasteiger partial charge in [-0.15, -0.1) is 0 Å². The van der Waals surface area contributed by atoms with E-state index in [1.54, 1.807) is 24.3 Å². The highest BCUT2D eigenvalue weighted by Gasteiger charge is 2.14. The van der Waals surface area contributed by atoms with Crippen molar-refractivity contribution in [1.29, 1.82) is 0 Å². The van der Waals surface area contributed by atoms with E-state index in [-0.39, 0.29) is 23.5 Å². The van der Waals surface area contributed by atoms with Crippen molar-refractivity contribution in [2.45, 2.75) is 27.2 Å². The van der Waals surface area contributed by atoms with E-state index in [0.717, 1.165) is 17.5 Å². The molecule has 1 heterocycles. The van der Waals surface area contributed by atoms with Gasteiger partial charge in [0.25, 0.3) is 5.91 Å². The molecule has 31 heavy (non-hydrogen) atoms. The topological polar surface area (TPSA) is 94.8 Å². The van der Waals surface area contributed by atoms with Gasteiger partial charge in [0.2, 0.25) is 0 Å². The lowest BCUT2D eigenvalue weighted by Crippen LogP contribution is -2.28. The smallest absolute Gasteiger partial charge is 0.349 e. The average molecular weight is 444 g/mol. The maximum Gasteiger partial charge on any atom is 0.349 e. The van der Waals surface area contributed by atoms with Gasteiger partial charge in [-0.2, -0.15) is 0 Å². The number of esters is 1. The van der Waals surface area contributed by atoms with Crippen molar-refractivity contribution in [2.75, 3.05) is 13.2 Å². The number of fused-ring (bicyclic) bond motifs is 1. The number of hydrogen-bond acceptors (Lipinski definition) is 6. The van der Waals surface area contributed by atoms with Crippen LogP contribution in [0.4, 0.5) is 0 Å². The SMILES string of the molecule is CCCNC(=O)c1cc2ccc(OC(=O)COc3cc(C)c(Cl)c(C)c3)cc2oc1=O. The van der Waals surface area contributed by atoms with E-state index >= 15 is 0 Å². The van der Waals surface area contributed by atoms with Gasteiger partial charge in [0.05, 0.1) is 0 Å². The minimum absolute atomic E-state index is 0.0763. The van der Waals surface area contributed by atoms with Gasteiger partial charge in [0.1, 0.15) is 22.6 Å². The lowest BCUT2D eigenvalue weighted by atomic mass is 10.1. The summed E-state index contributed by atoms with van der Waals surface area (Å²) in [7, 11) is 0. The van der Waals surface area contributed by atoms with Crippen molar-refractivity contribution < 1.29 is 23.5 Å². The van der Waals surface area contributed by atoms with E-state index in [0.29, 0.717) is 22.7 Å². The Morgan fingerprint density at radius 3 is 2.45 bits per heavy atom. The summed E-state index contributed by atoms with van der Waals surface area (Å²) in [6.07, 6.45) is 0.750. The van der Waals surface area contributed by atoms with E-state index in [9.17, 15) is 14.4 Å². The van der Waals surface area contributed by atoms with E-state index < -0.39 is 17.5 Å². The number of carbonyl (C=O) groups excluding carboxylic acids is 2. The maximum atomic E-state index is 12.2. The highest BCUT2D eigenvalue weighted by molar-refractivity contribution is 6.32. The zero-order valence-corrected chi connectivity index (χ0v) is 18.2. The zero-order chi connectivity index (χ0) is 22.5. The minimum atomic E-state index is -0.763. The monoisotopic (exact) mass is 443 g/mol. The quantitative estimate of drug-likeness (QED) is 0.334. The van der Waals surface area contributed by atoms with Crippen molar-refractivity contribution in [3.63, 3.8) is 0 Å². The third kappa shape index (κ3) is 5.44. The molecule has 0 atom stereocenters. The Labute approximate surface area is 183 Å². The average Bonchev–Trinajstić information content (AvgIpc) is 2.73. The predicted octanol–water partition coefficient (Wildman–Crippen LogP) is 4.19. The van der Waals surface area contributed by atoms with E-state index in [2.05, 4.69) is 5.32 Å². The van der Waals surface area contributed by atoms with Gasteiger partial charge in [-0.3, -0.25) is 4.79 Å². The number of carbonyl (C=O) groups is 2. The second-order valence-corrected chi connectivity index (χ2v) is 7.41. The molecule has 0 unspecified atom stereocenters. The summed E-state index contributed by atoms with van der Waals surface area (Å²) in [4.78, 5) is 36.4. The van der Waals surface area contributed by atoms with Crippen molar-refractivity contribution in [1.82, 2.24) is 5.32 Å². The van der Waals surface area contributed by atoms with Crippen LogP contribution in [0.25, 0.3) is 11.0 Å². The second kappa shape index (κ2) is 9.66. The minimum Gasteiger partial charge on any atom is -0.482 e. The Bertz CT molecular complexity index is 1180. The van der Waals surface area contributed by atoms with Crippen LogP contribution in [0, 0.1) is 13.8 Å². The van der Waals surface area contributed by atoms with Crippen LogP contribution < -0.4 is 20.4 Å². The molecule has 0 saturated heterocycles. The molecule has 3 aromatic rings. The number of halogens is 1. The first-order valence-electron chi connectivity index (χ1n) is 9.74. The van der Waals surface area contributed by atoms with E-state index in [4.69, 9.17) is 25.5 Å². The lowest BCUT2D eigenvalue weighted by Gasteiger charge is -2.10. The Hall–Kier alpha value is -3.32. The molecule has 3 rings (SSSR count). The molecule has 1 N–H and O–H groups in total. The Morgan fingerprint density at radius 1 is 1.06 bits per heavy atom. The normalized spacial score (nSPS) is 10.7. The Kier molecular flexibility index (Phi) is 6.97. The first kappa shape index (κ1) is 22.4. The largest absolute Gasteiger partial charge is 0.482 e. The van der Waals surface area contributed by atoms with Gasteiger partial charge in [0.15, 0.2) is 6.61 Å². The summed E-state index contributed by atoms with van der Waals surface area (Å²) in [6.45, 7) is 5.76. The fourth-order valence-corrected chi connectivity index (χ4v) is 3.05. The van der Waals surface area contributed by atoms with Gasteiger partial charge in [-0.05, 0) is 61.7 Å². The Balaban J connectivity index is 1.69. The zero-order valence-electron chi connectivity index (χ0n) is 17.4. The second-order valence-electron chi connectivity index (χ2n) is 7.04. The first-order valence-corrected chi connectivity index (χ1v) is 10.1. The molecule has 0 aliphatic carbocycles. The molecule has 1 amide bonds. The molecule has 162 valence electrons. The Morgan fingerprint density at radius 2 is 1.77 bits per heavy atom. The highest BCUT2D eigenvalue weighted by atomic mass is 35.5. The van der Waals surface area contributed by atoms with Crippen molar-refractivity contribution >= 4 is 34.4 Å². The number of hydrogen-bond donors (Lipinski definition) is 1. The third-order valence-electron chi connectivity index (χ3n) is 4.49. The number of aryl methyl sites for hydroxylation is 2. The van der Waals surface area contributed by atoms with Gasteiger partial charge in [-0.25, -0.2) is 9.59 Å². The summed E-state index contributed by atoms with van der Waals surface area (Å²) in [5.41, 5.74) is 1.05. The predicted molar refractivity (Wildman–Crippen MR) is 117 cm³/mol. The molecule has 0 aliphatic heterocycles. The fourth-order valence-electron chi connectivity index (χ4n) is 2.94. The van der Waals surface area contributed by atoms with Crippen LogP contribution in [0.15, 0.2) is 45.6 Å². The summed E-state index contributed by atoms with van der Waals surface area (Å²) >= 11 is 6.13. The molecular formula is C23H22ClNO6. The summed E-state index contributed by atoms with van der Waals surface area (Å²) in [5.74, 6) is -0.411. The number of nitrogens with one attached hydrogen (secondary N) is 1. The molecule has 0 spiro atoms. The van der Waals surface area contributed by atoms with Crippen LogP contribution in [0.3, 0.4) is 0 Å². The summed E-state index contributed by atoms with van der Waals surface area (Å²) in [6, 6.07) is 9.49. The summed E-state index contributed by atoms with van der Waals surface area (Å²) in [5, 5.41) is 3.82. The lowest BCUT2D eigenvalue weighted by molar-refractivity contribution is -0.136. The van der Waals surface area contributed by atoms with Crippen LogP contribution >= 0.6 is 11.6 Å². The maximum absolute atomic E-state index is 12.2. The van der Waals surface area contributed by atoms with Crippen molar-refractivity contribution in [2.24, 2.45) is 0 Å². The van der Waals surface area contributed by atoms with Crippen LogP contribution in [-0.4, -0.2) is 25.0 Å². The van der Waals surface area contributed by atoms with Gasteiger partial charge < -0.3 is 19.2 Å². The highest BCUT2D eigenvalue weighted by Crippen LogP contribution is 2.26. The summed E-state index contributed by atoms with van der Waals surface area (Å²) < 4.78 is 16.0. The number of benzene rings is 2. The molecule has 0 bridgehead atoms. The van der Waals surface area contributed by atoms with Crippen molar-refractivity contribution in [3.8, 4) is 11.5 Å². The molecule has 1 aromatic heterocycles. The van der Waals surface area contributed by atoms with Crippen LogP contribution in [0.1, 0.15) is 34.8 Å². The van der Waals surface area contributed by atoms with Gasteiger partial charge in [-0.1, -0.05) is 18.5 Å². The molecule has 7 nitrogen and oxygen atoms in total.